The summed E-state index contributed by atoms with van der Waals surface area (Å²) in [6, 6.07) is 1.82. The fraction of sp³-hybridized carbons (Fsp3) is 0.500. The van der Waals surface area contributed by atoms with Gasteiger partial charge in [-0.1, -0.05) is 0 Å². The van der Waals surface area contributed by atoms with Crippen LogP contribution in [0, 0.1) is 0 Å². The number of ether oxygens (including phenoxy) is 2. The van der Waals surface area contributed by atoms with Crippen LogP contribution < -0.4 is 0 Å². The molecule has 1 aliphatic heterocycles. The van der Waals surface area contributed by atoms with Crippen molar-refractivity contribution in [3.05, 3.63) is 24.2 Å². The Labute approximate surface area is 75.2 Å². The average molecular weight is 189 g/mol. The Kier molecular flexibility index (Phi) is 2.35. The Morgan fingerprint density at radius 2 is 2.50 bits per heavy atom. The van der Waals surface area contributed by atoms with Crippen LogP contribution in [-0.2, 0) is 9.47 Å². The number of rotatable bonds is 2. The van der Waals surface area contributed by atoms with E-state index in [1.807, 2.05) is 6.07 Å². The first-order valence-corrected chi connectivity index (χ1v) is 4.28. The van der Waals surface area contributed by atoms with Crippen molar-refractivity contribution >= 4 is 11.6 Å². The molecule has 0 radical (unpaired) electrons. The molecule has 1 saturated heterocycles. The van der Waals surface area contributed by atoms with Gasteiger partial charge in [-0.15, -0.1) is 11.6 Å². The molecule has 1 aromatic heterocycles. The highest BCUT2D eigenvalue weighted by Crippen LogP contribution is 2.27. The average Bonchev–Trinajstić information content (AvgIpc) is 2.75. The minimum Gasteiger partial charge on any atom is -0.472 e. The van der Waals surface area contributed by atoms with Crippen LogP contribution in [0.4, 0.5) is 0 Å². The van der Waals surface area contributed by atoms with Gasteiger partial charge in [0.25, 0.3) is 0 Å². The first-order chi connectivity index (χ1) is 5.90. The summed E-state index contributed by atoms with van der Waals surface area (Å²) >= 11 is 5.61. The summed E-state index contributed by atoms with van der Waals surface area (Å²) in [5.74, 6) is 0.467. The van der Waals surface area contributed by atoms with Crippen LogP contribution in [0.1, 0.15) is 11.9 Å². The van der Waals surface area contributed by atoms with Crippen LogP contribution in [0.5, 0.6) is 0 Å². The topological polar surface area (TPSA) is 31.6 Å². The van der Waals surface area contributed by atoms with Gasteiger partial charge in [0.1, 0.15) is 0 Å². The molecule has 1 aromatic rings. The third kappa shape index (κ3) is 1.48. The highest BCUT2D eigenvalue weighted by Gasteiger charge is 2.26. The zero-order valence-corrected chi connectivity index (χ0v) is 7.16. The molecule has 2 rings (SSSR count). The van der Waals surface area contributed by atoms with Gasteiger partial charge < -0.3 is 13.9 Å². The molecule has 1 aliphatic rings. The molecular formula is C8H9ClO3. The zero-order chi connectivity index (χ0) is 8.39. The molecule has 2 unspecified atom stereocenters. The minimum absolute atomic E-state index is 0.00608. The molecule has 0 bridgehead atoms. The van der Waals surface area contributed by atoms with E-state index >= 15 is 0 Å². The lowest BCUT2D eigenvalue weighted by molar-refractivity contribution is -0.0570. The maximum Gasteiger partial charge on any atom is 0.187 e. The molecule has 0 saturated carbocycles. The number of hydrogen-bond acceptors (Lipinski definition) is 3. The highest BCUT2D eigenvalue weighted by atomic mass is 35.5. The molecule has 2 heterocycles. The molecule has 1 fully saturated rings. The predicted octanol–water partition coefficient (Wildman–Crippen LogP) is 1.93. The molecule has 2 atom stereocenters. The second-order valence-corrected chi connectivity index (χ2v) is 2.94. The van der Waals surface area contributed by atoms with Crippen LogP contribution in [0.3, 0.4) is 0 Å². The van der Waals surface area contributed by atoms with E-state index in [2.05, 4.69) is 0 Å². The SMILES string of the molecule is ClCC1COC(c2ccoc2)O1. The number of hydrogen-bond donors (Lipinski definition) is 0. The molecule has 0 aliphatic carbocycles. The van der Waals surface area contributed by atoms with E-state index in [0.717, 1.165) is 5.56 Å². The standard InChI is InChI=1S/C8H9ClO3/c9-3-7-5-11-8(12-7)6-1-2-10-4-6/h1-2,4,7-8H,3,5H2. The Hall–Kier alpha value is -0.510. The fourth-order valence-electron chi connectivity index (χ4n) is 1.11. The van der Waals surface area contributed by atoms with Gasteiger partial charge in [-0.3, -0.25) is 0 Å². The minimum atomic E-state index is -0.299. The lowest BCUT2D eigenvalue weighted by Gasteiger charge is -2.06. The van der Waals surface area contributed by atoms with Crippen molar-refractivity contribution in [2.75, 3.05) is 12.5 Å². The Morgan fingerprint density at radius 3 is 3.08 bits per heavy atom. The first-order valence-electron chi connectivity index (χ1n) is 3.75. The van der Waals surface area contributed by atoms with Gasteiger partial charge in [0.05, 0.1) is 31.1 Å². The maximum atomic E-state index is 5.61. The van der Waals surface area contributed by atoms with Crippen LogP contribution in [0.2, 0.25) is 0 Å². The van der Waals surface area contributed by atoms with Crippen molar-refractivity contribution in [1.29, 1.82) is 0 Å². The molecule has 0 N–H and O–H groups in total. The highest BCUT2D eigenvalue weighted by molar-refractivity contribution is 6.18. The van der Waals surface area contributed by atoms with Gasteiger partial charge in [0, 0.05) is 5.56 Å². The van der Waals surface area contributed by atoms with Crippen molar-refractivity contribution in [3.63, 3.8) is 0 Å². The molecule has 0 spiro atoms. The molecule has 3 nitrogen and oxygen atoms in total. The number of alkyl halides is 1. The quantitative estimate of drug-likeness (QED) is 0.665. The lowest BCUT2D eigenvalue weighted by Crippen LogP contribution is -2.10. The second kappa shape index (κ2) is 3.47. The molecule has 12 heavy (non-hydrogen) atoms. The van der Waals surface area contributed by atoms with E-state index < -0.39 is 0 Å². The monoisotopic (exact) mass is 188 g/mol. The Bertz CT molecular complexity index is 234. The van der Waals surface area contributed by atoms with E-state index in [0.29, 0.717) is 12.5 Å². The van der Waals surface area contributed by atoms with Crippen LogP contribution in [-0.4, -0.2) is 18.6 Å². The first kappa shape index (κ1) is 8.10. The van der Waals surface area contributed by atoms with Gasteiger partial charge in [-0.05, 0) is 6.07 Å². The molecule has 0 aromatic carbocycles. The zero-order valence-electron chi connectivity index (χ0n) is 6.40. The van der Waals surface area contributed by atoms with Crippen molar-refractivity contribution in [1.82, 2.24) is 0 Å². The Balaban J connectivity index is 2.00. The van der Waals surface area contributed by atoms with E-state index in [9.17, 15) is 0 Å². The maximum absolute atomic E-state index is 5.61. The fourth-order valence-corrected chi connectivity index (χ4v) is 1.27. The summed E-state index contributed by atoms with van der Waals surface area (Å²) < 4.78 is 15.7. The summed E-state index contributed by atoms with van der Waals surface area (Å²) in [5, 5.41) is 0. The largest absolute Gasteiger partial charge is 0.472 e. The number of furan rings is 1. The summed E-state index contributed by atoms with van der Waals surface area (Å²) in [5.41, 5.74) is 0.905. The van der Waals surface area contributed by atoms with Crippen LogP contribution in [0.25, 0.3) is 0 Å². The van der Waals surface area contributed by atoms with E-state index in [1.165, 1.54) is 0 Å². The lowest BCUT2D eigenvalue weighted by atomic mass is 10.3. The molecule has 4 heteroatoms. The molecule has 0 amide bonds. The van der Waals surface area contributed by atoms with Crippen molar-refractivity contribution < 1.29 is 13.9 Å². The third-order valence-electron chi connectivity index (χ3n) is 1.74. The predicted molar refractivity (Wildman–Crippen MR) is 43.0 cm³/mol. The smallest absolute Gasteiger partial charge is 0.187 e. The van der Waals surface area contributed by atoms with Gasteiger partial charge >= 0.3 is 0 Å². The summed E-state index contributed by atoms with van der Waals surface area (Å²) in [4.78, 5) is 0. The van der Waals surface area contributed by atoms with E-state index in [4.69, 9.17) is 25.5 Å². The third-order valence-corrected chi connectivity index (χ3v) is 2.08. The van der Waals surface area contributed by atoms with E-state index in [-0.39, 0.29) is 12.4 Å². The van der Waals surface area contributed by atoms with Gasteiger partial charge in [-0.25, -0.2) is 0 Å². The molecular weight excluding hydrogens is 180 g/mol. The second-order valence-electron chi connectivity index (χ2n) is 2.63. The van der Waals surface area contributed by atoms with Crippen molar-refractivity contribution in [2.45, 2.75) is 12.4 Å². The summed E-state index contributed by atoms with van der Waals surface area (Å²) in [6.07, 6.45) is 2.91. The number of halogens is 1. The summed E-state index contributed by atoms with van der Waals surface area (Å²) in [7, 11) is 0. The normalized spacial score (nSPS) is 29.4. The van der Waals surface area contributed by atoms with Gasteiger partial charge in [0.15, 0.2) is 6.29 Å². The van der Waals surface area contributed by atoms with Crippen molar-refractivity contribution in [3.8, 4) is 0 Å². The summed E-state index contributed by atoms with van der Waals surface area (Å²) in [6.45, 7) is 0.555. The Morgan fingerprint density at radius 1 is 1.58 bits per heavy atom. The van der Waals surface area contributed by atoms with Gasteiger partial charge in [0.2, 0.25) is 0 Å². The van der Waals surface area contributed by atoms with Crippen LogP contribution >= 0.6 is 11.6 Å². The van der Waals surface area contributed by atoms with Crippen molar-refractivity contribution in [2.24, 2.45) is 0 Å². The molecule has 66 valence electrons. The van der Waals surface area contributed by atoms with Crippen LogP contribution in [0.15, 0.2) is 23.0 Å². The van der Waals surface area contributed by atoms with Gasteiger partial charge in [-0.2, -0.15) is 0 Å². The van der Waals surface area contributed by atoms with E-state index in [1.54, 1.807) is 12.5 Å².